The lowest BCUT2D eigenvalue weighted by Gasteiger charge is -2.34. The molecule has 0 radical (unpaired) electrons. The highest BCUT2D eigenvalue weighted by atomic mass is 16.6. The highest BCUT2D eigenvalue weighted by molar-refractivity contribution is 6.02. The van der Waals surface area contributed by atoms with Crippen LogP contribution in [-0.2, 0) is 14.4 Å². The third kappa shape index (κ3) is 3.37. The monoisotopic (exact) mass is 349 g/mol. The van der Waals surface area contributed by atoms with Crippen molar-refractivity contribution >= 4 is 29.2 Å². The Hall–Kier alpha value is -3.17. The largest absolute Gasteiger partial charge is 0.482 e. The lowest BCUT2D eigenvalue weighted by Crippen LogP contribution is -2.51. The summed E-state index contributed by atoms with van der Waals surface area (Å²) in [6.07, 6.45) is 0.695. The van der Waals surface area contributed by atoms with Gasteiger partial charge in [-0.05, 0) is 18.9 Å². The Morgan fingerprint density at radius 2 is 2.12 bits per heavy atom. The number of aliphatic carboxylic acids is 1. The number of ether oxygens (including phenoxy) is 1. The summed E-state index contributed by atoms with van der Waals surface area (Å²) in [4.78, 5) is 46.4. The van der Waals surface area contributed by atoms with Crippen LogP contribution in [0.15, 0.2) is 18.2 Å². The van der Waals surface area contributed by atoms with Gasteiger partial charge in [-0.3, -0.25) is 29.4 Å². The summed E-state index contributed by atoms with van der Waals surface area (Å²) >= 11 is 0. The van der Waals surface area contributed by atoms with Crippen molar-refractivity contribution in [3.05, 3.63) is 28.3 Å². The molecule has 1 fully saturated rings. The van der Waals surface area contributed by atoms with Crippen LogP contribution in [0.25, 0.3) is 0 Å². The number of carbonyl (C=O) groups excluding carboxylic acids is 2. The van der Waals surface area contributed by atoms with Crippen molar-refractivity contribution < 1.29 is 29.2 Å². The number of anilines is 1. The third-order valence-electron chi connectivity index (χ3n) is 4.25. The zero-order chi connectivity index (χ0) is 18.1. The van der Waals surface area contributed by atoms with E-state index < -0.39 is 28.6 Å². The van der Waals surface area contributed by atoms with E-state index in [4.69, 9.17) is 9.84 Å². The Morgan fingerprint density at radius 1 is 1.40 bits per heavy atom. The predicted octanol–water partition coefficient (Wildman–Crippen LogP) is 0.300. The number of hydrogen-bond acceptors (Lipinski definition) is 6. The van der Waals surface area contributed by atoms with Gasteiger partial charge in [0.1, 0.15) is 12.3 Å². The molecule has 10 heteroatoms. The number of carboxylic acid groups (broad SMARTS) is 1. The van der Waals surface area contributed by atoms with E-state index in [-0.39, 0.29) is 36.3 Å². The number of hydrogen-bond donors (Lipinski definition) is 2. The summed E-state index contributed by atoms with van der Waals surface area (Å²) in [5.74, 6) is -2.01. The number of rotatable bonds is 5. The number of amides is 2. The summed E-state index contributed by atoms with van der Waals surface area (Å²) in [7, 11) is 0. The van der Waals surface area contributed by atoms with Crippen molar-refractivity contribution in [1.29, 1.82) is 0 Å². The molecule has 1 aromatic carbocycles. The predicted molar refractivity (Wildman–Crippen MR) is 83.2 cm³/mol. The molecule has 3 rings (SSSR count). The Bertz CT molecular complexity index is 757. The summed E-state index contributed by atoms with van der Waals surface area (Å²) < 4.78 is 5.23. The maximum absolute atomic E-state index is 12.1. The van der Waals surface area contributed by atoms with Crippen molar-refractivity contribution in [3.63, 3.8) is 0 Å². The molecule has 1 aliphatic heterocycles. The second-order valence-corrected chi connectivity index (χ2v) is 5.95. The van der Waals surface area contributed by atoms with Crippen LogP contribution in [-0.4, -0.2) is 47.0 Å². The van der Waals surface area contributed by atoms with Gasteiger partial charge >= 0.3 is 5.97 Å². The first-order valence-electron chi connectivity index (χ1n) is 7.59. The molecule has 1 heterocycles. The average Bonchev–Trinajstić information content (AvgIpc) is 2.52. The molecule has 1 saturated carbocycles. The molecular weight excluding hydrogens is 334 g/mol. The van der Waals surface area contributed by atoms with Gasteiger partial charge in [0, 0.05) is 18.2 Å². The van der Waals surface area contributed by atoms with Gasteiger partial charge in [0.05, 0.1) is 16.5 Å². The van der Waals surface area contributed by atoms with E-state index in [0.717, 1.165) is 4.90 Å². The number of nitrogens with zero attached hydrogens (tertiary/aromatic N) is 2. The fourth-order valence-corrected chi connectivity index (χ4v) is 2.83. The molecule has 2 N–H and O–H groups in total. The first-order chi connectivity index (χ1) is 11.8. The molecular formula is C15H15N3O7. The van der Waals surface area contributed by atoms with Gasteiger partial charge in [-0.1, -0.05) is 0 Å². The Balaban J connectivity index is 1.69. The van der Waals surface area contributed by atoms with Crippen molar-refractivity contribution in [3.8, 4) is 5.75 Å². The fourth-order valence-electron chi connectivity index (χ4n) is 2.83. The van der Waals surface area contributed by atoms with Crippen LogP contribution in [0.1, 0.15) is 12.8 Å². The lowest BCUT2D eigenvalue weighted by atomic mass is 9.80. The van der Waals surface area contributed by atoms with Crippen LogP contribution < -0.4 is 15.0 Å². The van der Waals surface area contributed by atoms with Crippen LogP contribution in [0.2, 0.25) is 0 Å². The van der Waals surface area contributed by atoms with E-state index >= 15 is 0 Å². The topological polar surface area (TPSA) is 139 Å². The van der Waals surface area contributed by atoms with Gasteiger partial charge in [0.25, 0.3) is 11.6 Å². The van der Waals surface area contributed by atoms with Gasteiger partial charge in [0.15, 0.2) is 6.61 Å². The van der Waals surface area contributed by atoms with E-state index in [1.165, 1.54) is 18.2 Å². The number of nitro benzene ring substituents is 1. The van der Waals surface area contributed by atoms with Gasteiger partial charge in [-0.2, -0.15) is 0 Å². The first kappa shape index (κ1) is 16.7. The summed E-state index contributed by atoms with van der Waals surface area (Å²) in [5, 5.41) is 22.4. The number of nitrogens with one attached hydrogen (secondary N) is 1. The van der Waals surface area contributed by atoms with Crippen LogP contribution in [0.4, 0.5) is 11.4 Å². The molecule has 2 amide bonds. The molecule has 10 nitrogen and oxygen atoms in total. The molecule has 1 aromatic rings. The third-order valence-corrected chi connectivity index (χ3v) is 4.25. The standard InChI is InChI=1S/C15H15N3O7/c19-13(16-9-3-8(4-9)15(21)22)6-17-11-5-10(18(23)24)1-2-12(11)25-7-14(17)20/h1-2,5,8-9H,3-4,6-7H2,(H,16,19)(H,21,22). The van der Waals surface area contributed by atoms with E-state index in [1.807, 2.05) is 0 Å². The van der Waals surface area contributed by atoms with Crippen LogP contribution in [0.3, 0.4) is 0 Å². The molecule has 2 aliphatic rings. The van der Waals surface area contributed by atoms with E-state index in [2.05, 4.69) is 5.32 Å². The minimum atomic E-state index is -0.893. The quantitative estimate of drug-likeness (QED) is 0.575. The highest BCUT2D eigenvalue weighted by Crippen LogP contribution is 2.35. The molecule has 0 aromatic heterocycles. The van der Waals surface area contributed by atoms with Crippen molar-refractivity contribution in [2.45, 2.75) is 18.9 Å². The smallest absolute Gasteiger partial charge is 0.306 e. The molecule has 25 heavy (non-hydrogen) atoms. The lowest BCUT2D eigenvalue weighted by molar-refractivity contribution is -0.384. The maximum Gasteiger partial charge on any atom is 0.306 e. The number of carbonyl (C=O) groups is 3. The normalized spacial score (nSPS) is 21.6. The molecule has 0 unspecified atom stereocenters. The molecule has 0 spiro atoms. The van der Waals surface area contributed by atoms with Gasteiger partial charge < -0.3 is 15.2 Å². The molecule has 132 valence electrons. The minimum absolute atomic E-state index is 0.164. The molecule has 0 atom stereocenters. The van der Waals surface area contributed by atoms with E-state index in [0.29, 0.717) is 12.8 Å². The second-order valence-electron chi connectivity index (χ2n) is 5.95. The highest BCUT2D eigenvalue weighted by Gasteiger charge is 2.36. The van der Waals surface area contributed by atoms with Crippen molar-refractivity contribution in [2.75, 3.05) is 18.1 Å². The van der Waals surface area contributed by atoms with Crippen molar-refractivity contribution in [1.82, 2.24) is 5.32 Å². The number of non-ortho nitro benzene ring substituents is 1. The molecule has 0 saturated heterocycles. The zero-order valence-corrected chi connectivity index (χ0v) is 13.0. The summed E-state index contributed by atoms with van der Waals surface area (Å²) in [6, 6.07) is 3.58. The van der Waals surface area contributed by atoms with Gasteiger partial charge in [-0.15, -0.1) is 0 Å². The van der Waals surface area contributed by atoms with Gasteiger partial charge in [0.2, 0.25) is 5.91 Å². The van der Waals surface area contributed by atoms with Gasteiger partial charge in [-0.25, -0.2) is 0 Å². The van der Waals surface area contributed by atoms with Crippen LogP contribution >= 0.6 is 0 Å². The maximum atomic E-state index is 12.1. The number of carboxylic acids is 1. The van der Waals surface area contributed by atoms with E-state index in [1.54, 1.807) is 0 Å². The average molecular weight is 349 g/mol. The number of fused-ring (bicyclic) bond motifs is 1. The minimum Gasteiger partial charge on any atom is -0.482 e. The number of nitro groups is 1. The zero-order valence-electron chi connectivity index (χ0n) is 13.0. The Labute approximate surface area is 141 Å². The Morgan fingerprint density at radius 3 is 2.76 bits per heavy atom. The molecule has 1 aliphatic carbocycles. The first-order valence-corrected chi connectivity index (χ1v) is 7.59. The molecule has 0 bridgehead atoms. The van der Waals surface area contributed by atoms with Crippen LogP contribution in [0, 0.1) is 16.0 Å². The summed E-state index contributed by atoms with van der Waals surface area (Å²) in [5.41, 5.74) is -0.0524. The number of benzene rings is 1. The fraction of sp³-hybridized carbons (Fsp3) is 0.400. The summed E-state index contributed by atoms with van der Waals surface area (Å²) in [6.45, 7) is -0.576. The SMILES string of the molecule is O=C(CN1C(=O)COc2ccc([N+](=O)[O-])cc21)NC1CC(C(=O)O)C1. The van der Waals surface area contributed by atoms with Crippen LogP contribution in [0.5, 0.6) is 5.75 Å². The van der Waals surface area contributed by atoms with E-state index in [9.17, 15) is 24.5 Å². The van der Waals surface area contributed by atoms with Crippen molar-refractivity contribution in [2.24, 2.45) is 5.92 Å². The second kappa shape index (κ2) is 6.38. The Kier molecular flexibility index (Phi) is 4.26.